The van der Waals surface area contributed by atoms with Crippen molar-refractivity contribution in [3.05, 3.63) is 35.9 Å². The van der Waals surface area contributed by atoms with E-state index in [0.717, 1.165) is 5.56 Å². The van der Waals surface area contributed by atoms with Crippen molar-refractivity contribution in [1.82, 2.24) is 4.90 Å². The van der Waals surface area contributed by atoms with Crippen LogP contribution in [0.1, 0.15) is 45.1 Å². The fraction of sp³-hybridized carbons (Fsp3) is 0.529. The van der Waals surface area contributed by atoms with Crippen LogP contribution < -0.4 is 0 Å². The van der Waals surface area contributed by atoms with Gasteiger partial charge in [-0.05, 0) is 17.4 Å². The lowest BCUT2D eigenvalue weighted by molar-refractivity contribution is -0.144. The quantitative estimate of drug-likeness (QED) is 0.865. The molecule has 0 aliphatic carbocycles. The summed E-state index contributed by atoms with van der Waals surface area (Å²) in [6.45, 7) is 5.94. The first-order valence-electron chi connectivity index (χ1n) is 7.38. The molecule has 0 aromatic heterocycles. The van der Waals surface area contributed by atoms with Gasteiger partial charge in [-0.15, -0.1) is 0 Å². The summed E-state index contributed by atoms with van der Waals surface area (Å²) in [7, 11) is 0. The standard InChI is InChI=1S/C17H23NO3/c1-17(2,3)14(9-10-19)18-15(20)11-13(16(18)21)12-7-5-4-6-8-12/h4-8,13-14,19H,9-11H2,1-3H3. The lowest BCUT2D eigenvalue weighted by Gasteiger charge is -2.36. The molecule has 1 aliphatic rings. The van der Waals surface area contributed by atoms with Crippen molar-refractivity contribution in [2.24, 2.45) is 5.41 Å². The molecule has 2 atom stereocenters. The van der Waals surface area contributed by atoms with Gasteiger partial charge < -0.3 is 5.11 Å². The highest BCUT2D eigenvalue weighted by Crippen LogP contribution is 2.36. The van der Waals surface area contributed by atoms with E-state index >= 15 is 0 Å². The van der Waals surface area contributed by atoms with Crippen LogP contribution in [-0.4, -0.2) is 34.5 Å². The van der Waals surface area contributed by atoms with Gasteiger partial charge >= 0.3 is 0 Å². The highest BCUT2D eigenvalue weighted by atomic mass is 16.3. The van der Waals surface area contributed by atoms with Crippen molar-refractivity contribution in [2.45, 2.75) is 45.6 Å². The van der Waals surface area contributed by atoms with Crippen LogP contribution in [0.3, 0.4) is 0 Å². The molecule has 2 unspecified atom stereocenters. The largest absolute Gasteiger partial charge is 0.396 e. The van der Waals surface area contributed by atoms with E-state index in [1.807, 2.05) is 51.1 Å². The summed E-state index contributed by atoms with van der Waals surface area (Å²) in [5.41, 5.74) is 0.634. The highest BCUT2D eigenvalue weighted by molar-refractivity contribution is 6.06. The number of aliphatic hydroxyl groups is 1. The number of carbonyl (C=O) groups excluding carboxylic acids is 2. The lowest BCUT2D eigenvalue weighted by atomic mass is 9.83. The van der Waals surface area contributed by atoms with Crippen molar-refractivity contribution in [2.75, 3.05) is 6.61 Å². The van der Waals surface area contributed by atoms with E-state index in [1.54, 1.807) is 0 Å². The number of hydrogen-bond acceptors (Lipinski definition) is 3. The van der Waals surface area contributed by atoms with Gasteiger partial charge in [-0.25, -0.2) is 0 Å². The van der Waals surface area contributed by atoms with Gasteiger partial charge in [0.1, 0.15) is 0 Å². The van der Waals surface area contributed by atoms with E-state index in [2.05, 4.69) is 0 Å². The Labute approximate surface area is 125 Å². The summed E-state index contributed by atoms with van der Waals surface area (Å²) in [6.07, 6.45) is 0.642. The number of likely N-dealkylation sites (tertiary alicyclic amines) is 1. The maximum atomic E-state index is 12.7. The first-order chi connectivity index (χ1) is 9.86. The minimum atomic E-state index is -0.387. The number of aliphatic hydroxyl groups excluding tert-OH is 1. The molecule has 0 bridgehead atoms. The fourth-order valence-electron chi connectivity index (χ4n) is 3.00. The van der Waals surface area contributed by atoms with E-state index in [9.17, 15) is 14.7 Å². The molecule has 1 aliphatic heterocycles. The molecule has 0 radical (unpaired) electrons. The van der Waals surface area contributed by atoms with E-state index in [0.29, 0.717) is 6.42 Å². The van der Waals surface area contributed by atoms with Gasteiger partial charge in [0, 0.05) is 19.1 Å². The summed E-state index contributed by atoms with van der Waals surface area (Å²) < 4.78 is 0. The van der Waals surface area contributed by atoms with Crippen molar-refractivity contribution in [1.29, 1.82) is 0 Å². The van der Waals surface area contributed by atoms with Crippen molar-refractivity contribution in [3.63, 3.8) is 0 Å². The Bertz CT molecular complexity index is 519. The molecular weight excluding hydrogens is 266 g/mol. The average Bonchev–Trinajstić information content (AvgIpc) is 2.71. The molecule has 1 heterocycles. The fourth-order valence-corrected chi connectivity index (χ4v) is 3.00. The molecule has 2 rings (SSSR count). The second-order valence-corrected chi connectivity index (χ2v) is 6.66. The molecule has 0 spiro atoms. The topological polar surface area (TPSA) is 57.6 Å². The smallest absolute Gasteiger partial charge is 0.237 e. The van der Waals surface area contributed by atoms with Gasteiger partial charge in [-0.2, -0.15) is 0 Å². The molecule has 1 saturated heterocycles. The molecule has 4 heteroatoms. The normalized spacial score (nSPS) is 21.0. The number of nitrogens with zero attached hydrogens (tertiary/aromatic N) is 1. The molecular formula is C17H23NO3. The lowest BCUT2D eigenvalue weighted by Crippen LogP contribution is -2.47. The first-order valence-corrected chi connectivity index (χ1v) is 7.38. The number of amides is 2. The summed E-state index contributed by atoms with van der Waals surface area (Å²) in [6, 6.07) is 9.16. The summed E-state index contributed by atoms with van der Waals surface area (Å²) in [5.74, 6) is -0.663. The molecule has 1 N–H and O–H groups in total. The average molecular weight is 289 g/mol. The molecule has 114 valence electrons. The third-order valence-electron chi connectivity index (χ3n) is 4.10. The molecule has 1 aromatic carbocycles. The number of hydrogen-bond donors (Lipinski definition) is 1. The van der Waals surface area contributed by atoms with Crippen LogP contribution >= 0.6 is 0 Å². The van der Waals surface area contributed by atoms with Crippen LogP contribution in [0.5, 0.6) is 0 Å². The van der Waals surface area contributed by atoms with Crippen LogP contribution in [-0.2, 0) is 9.59 Å². The van der Waals surface area contributed by atoms with Gasteiger partial charge in [0.2, 0.25) is 11.8 Å². The third kappa shape index (κ3) is 3.16. The summed E-state index contributed by atoms with van der Waals surface area (Å²) in [4.78, 5) is 26.4. The van der Waals surface area contributed by atoms with E-state index < -0.39 is 0 Å². The number of benzene rings is 1. The molecule has 1 aromatic rings. The Morgan fingerprint density at radius 2 is 1.86 bits per heavy atom. The highest BCUT2D eigenvalue weighted by Gasteiger charge is 2.45. The Morgan fingerprint density at radius 3 is 2.38 bits per heavy atom. The van der Waals surface area contributed by atoms with Crippen LogP contribution in [0, 0.1) is 5.41 Å². The molecule has 21 heavy (non-hydrogen) atoms. The SMILES string of the molecule is CC(C)(C)C(CCO)N1C(=O)CC(c2ccccc2)C1=O. The van der Waals surface area contributed by atoms with Gasteiger partial charge in [0.05, 0.1) is 5.92 Å². The van der Waals surface area contributed by atoms with E-state index in [-0.39, 0.29) is 42.2 Å². The zero-order valence-electron chi connectivity index (χ0n) is 12.9. The van der Waals surface area contributed by atoms with E-state index in [4.69, 9.17) is 0 Å². The van der Waals surface area contributed by atoms with Crippen LogP contribution in [0.25, 0.3) is 0 Å². The second kappa shape index (κ2) is 5.98. The van der Waals surface area contributed by atoms with Gasteiger partial charge in [0.25, 0.3) is 0 Å². The van der Waals surface area contributed by atoms with Gasteiger partial charge in [0.15, 0.2) is 0 Å². The second-order valence-electron chi connectivity index (χ2n) is 6.66. The van der Waals surface area contributed by atoms with E-state index in [1.165, 1.54) is 4.90 Å². The Kier molecular flexibility index (Phi) is 4.47. The Hall–Kier alpha value is -1.68. The van der Waals surface area contributed by atoms with Crippen LogP contribution in [0.15, 0.2) is 30.3 Å². The monoisotopic (exact) mass is 289 g/mol. The van der Waals surface area contributed by atoms with Gasteiger partial charge in [-0.3, -0.25) is 14.5 Å². The predicted octanol–water partition coefficient (Wildman–Crippen LogP) is 2.33. The minimum absolute atomic E-state index is 0.0327. The summed E-state index contributed by atoms with van der Waals surface area (Å²) in [5, 5.41) is 9.27. The molecule has 2 amide bonds. The predicted molar refractivity (Wildman–Crippen MR) is 80.6 cm³/mol. The number of imide groups is 1. The molecule has 1 fully saturated rings. The van der Waals surface area contributed by atoms with Crippen molar-refractivity contribution < 1.29 is 14.7 Å². The Balaban J connectivity index is 2.29. The van der Waals surface area contributed by atoms with Crippen LogP contribution in [0.4, 0.5) is 0 Å². The molecule has 4 nitrogen and oxygen atoms in total. The maximum Gasteiger partial charge on any atom is 0.237 e. The van der Waals surface area contributed by atoms with Gasteiger partial charge in [-0.1, -0.05) is 51.1 Å². The summed E-state index contributed by atoms with van der Waals surface area (Å²) >= 11 is 0. The third-order valence-corrected chi connectivity index (χ3v) is 4.10. The first kappa shape index (κ1) is 15.7. The van der Waals surface area contributed by atoms with Crippen molar-refractivity contribution >= 4 is 11.8 Å². The maximum absolute atomic E-state index is 12.7. The Morgan fingerprint density at radius 1 is 1.24 bits per heavy atom. The van der Waals surface area contributed by atoms with Crippen LogP contribution in [0.2, 0.25) is 0 Å². The van der Waals surface area contributed by atoms with Crippen molar-refractivity contribution in [3.8, 4) is 0 Å². The zero-order chi connectivity index (χ0) is 15.6. The number of carbonyl (C=O) groups is 2. The number of rotatable bonds is 4. The minimum Gasteiger partial charge on any atom is -0.396 e. The zero-order valence-corrected chi connectivity index (χ0v) is 12.9. The molecule has 0 saturated carbocycles.